The van der Waals surface area contributed by atoms with E-state index in [0.717, 1.165) is 16.4 Å². The quantitative estimate of drug-likeness (QED) is 0.443. The Labute approximate surface area is 136 Å². The second kappa shape index (κ2) is 5.47. The van der Waals surface area contributed by atoms with Crippen LogP contribution in [0.3, 0.4) is 0 Å². The van der Waals surface area contributed by atoms with Gasteiger partial charge in [0.2, 0.25) is 0 Å². The summed E-state index contributed by atoms with van der Waals surface area (Å²) in [5, 5.41) is 23.3. The van der Waals surface area contributed by atoms with Crippen molar-refractivity contribution < 1.29 is 14.4 Å². The minimum absolute atomic E-state index is 0.00122. The van der Waals surface area contributed by atoms with Crippen molar-refractivity contribution in [1.82, 2.24) is 0 Å². The molecule has 0 saturated carbocycles. The first-order chi connectivity index (χ1) is 11.6. The van der Waals surface area contributed by atoms with Crippen molar-refractivity contribution in [2.45, 2.75) is 6.10 Å². The molecular weight excluding hydrogens is 306 g/mol. The van der Waals surface area contributed by atoms with Crippen molar-refractivity contribution >= 4 is 27.6 Å². The second-order valence-corrected chi connectivity index (χ2v) is 5.60. The lowest BCUT2D eigenvalue weighted by Crippen LogP contribution is -1.99. The lowest BCUT2D eigenvalue weighted by Gasteiger charge is -2.11. The van der Waals surface area contributed by atoms with Crippen LogP contribution in [0, 0.1) is 10.1 Å². The topological polar surface area (TPSA) is 76.5 Å². The molecule has 5 nitrogen and oxygen atoms in total. The van der Waals surface area contributed by atoms with Crippen LogP contribution in [-0.4, -0.2) is 10.0 Å². The zero-order valence-corrected chi connectivity index (χ0v) is 12.5. The highest BCUT2D eigenvalue weighted by Crippen LogP contribution is 2.32. The number of furan rings is 1. The molecule has 0 spiro atoms. The Morgan fingerprint density at radius 2 is 1.54 bits per heavy atom. The van der Waals surface area contributed by atoms with Crippen LogP contribution in [0.25, 0.3) is 21.9 Å². The number of nitrogens with zero attached hydrogens (tertiary/aromatic N) is 1. The number of hydrogen-bond acceptors (Lipinski definition) is 4. The van der Waals surface area contributed by atoms with Gasteiger partial charge in [-0.3, -0.25) is 10.1 Å². The van der Waals surface area contributed by atoms with E-state index in [4.69, 9.17) is 4.42 Å². The number of rotatable bonds is 3. The first-order valence-corrected chi connectivity index (χ1v) is 7.47. The predicted molar refractivity (Wildman–Crippen MR) is 90.9 cm³/mol. The highest BCUT2D eigenvalue weighted by atomic mass is 16.6. The minimum Gasteiger partial charge on any atom is -0.456 e. The Bertz CT molecular complexity index is 1050. The van der Waals surface area contributed by atoms with Crippen LogP contribution in [0.1, 0.15) is 17.2 Å². The van der Waals surface area contributed by atoms with E-state index < -0.39 is 11.0 Å². The summed E-state index contributed by atoms with van der Waals surface area (Å²) >= 11 is 0. The predicted octanol–water partition coefficient (Wildman–Crippen LogP) is 4.58. The molecule has 0 fully saturated rings. The number of non-ortho nitro benzene ring substituents is 1. The molecule has 0 radical (unpaired) electrons. The van der Waals surface area contributed by atoms with E-state index in [9.17, 15) is 15.2 Å². The maximum absolute atomic E-state index is 10.7. The van der Waals surface area contributed by atoms with Gasteiger partial charge < -0.3 is 9.52 Å². The molecule has 1 aromatic heterocycles. The SMILES string of the molecule is O=[N+]([O-])c1ccc([C@@H](O)c2ccc3c(c2)oc2ccccc23)cc1. The summed E-state index contributed by atoms with van der Waals surface area (Å²) in [6, 6.07) is 19.2. The van der Waals surface area contributed by atoms with Crippen LogP contribution in [-0.2, 0) is 0 Å². The molecule has 4 aromatic rings. The molecule has 0 aliphatic rings. The van der Waals surface area contributed by atoms with Crippen LogP contribution < -0.4 is 0 Å². The van der Waals surface area contributed by atoms with E-state index >= 15 is 0 Å². The number of nitro groups is 1. The third kappa shape index (κ3) is 2.31. The van der Waals surface area contributed by atoms with Gasteiger partial charge in [0.25, 0.3) is 5.69 Å². The number of aliphatic hydroxyl groups excluding tert-OH is 1. The summed E-state index contributed by atoms with van der Waals surface area (Å²) in [5.41, 5.74) is 2.77. The zero-order chi connectivity index (χ0) is 16.7. The minimum atomic E-state index is -0.872. The zero-order valence-electron chi connectivity index (χ0n) is 12.5. The van der Waals surface area contributed by atoms with Gasteiger partial charge >= 0.3 is 0 Å². The van der Waals surface area contributed by atoms with Gasteiger partial charge in [-0.2, -0.15) is 0 Å². The molecule has 0 unspecified atom stereocenters. The smallest absolute Gasteiger partial charge is 0.269 e. The van der Waals surface area contributed by atoms with Crippen LogP contribution >= 0.6 is 0 Å². The Morgan fingerprint density at radius 3 is 2.29 bits per heavy atom. The Hall–Kier alpha value is -3.18. The molecule has 4 rings (SSSR count). The molecule has 0 aliphatic heterocycles. The van der Waals surface area contributed by atoms with Gasteiger partial charge in [0.1, 0.15) is 17.3 Å². The molecule has 1 atom stereocenters. The first kappa shape index (κ1) is 14.4. The van der Waals surface area contributed by atoms with Crippen LogP contribution in [0.15, 0.2) is 71.1 Å². The Morgan fingerprint density at radius 1 is 0.875 bits per heavy atom. The molecule has 1 N–H and O–H groups in total. The van der Waals surface area contributed by atoms with Crippen molar-refractivity contribution in [3.05, 3.63) is 88.0 Å². The summed E-state index contributed by atoms with van der Waals surface area (Å²) in [5.74, 6) is 0. The largest absolute Gasteiger partial charge is 0.456 e. The molecule has 1 heterocycles. The average Bonchev–Trinajstić information content (AvgIpc) is 2.99. The lowest BCUT2D eigenvalue weighted by atomic mass is 10.00. The number of nitro benzene ring substituents is 1. The third-order valence-electron chi connectivity index (χ3n) is 4.14. The monoisotopic (exact) mass is 319 g/mol. The van der Waals surface area contributed by atoms with E-state index in [1.807, 2.05) is 36.4 Å². The molecule has 24 heavy (non-hydrogen) atoms. The molecule has 0 bridgehead atoms. The summed E-state index contributed by atoms with van der Waals surface area (Å²) in [6.45, 7) is 0. The summed E-state index contributed by atoms with van der Waals surface area (Å²) in [6.07, 6.45) is -0.872. The molecule has 3 aromatic carbocycles. The van der Waals surface area contributed by atoms with E-state index in [1.54, 1.807) is 18.2 Å². The summed E-state index contributed by atoms with van der Waals surface area (Å²) in [4.78, 5) is 10.3. The summed E-state index contributed by atoms with van der Waals surface area (Å²) < 4.78 is 5.83. The molecule has 118 valence electrons. The van der Waals surface area contributed by atoms with Crippen LogP contribution in [0.5, 0.6) is 0 Å². The average molecular weight is 319 g/mol. The van der Waals surface area contributed by atoms with Gasteiger partial charge in [0.15, 0.2) is 0 Å². The van der Waals surface area contributed by atoms with Crippen molar-refractivity contribution in [1.29, 1.82) is 0 Å². The van der Waals surface area contributed by atoms with Crippen molar-refractivity contribution in [3.63, 3.8) is 0 Å². The van der Waals surface area contributed by atoms with Crippen molar-refractivity contribution in [2.24, 2.45) is 0 Å². The highest BCUT2D eigenvalue weighted by Gasteiger charge is 2.15. The number of para-hydroxylation sites is 1. The standard InChI is InChI=1S/C19H13NO4/c21-19(12-5-8-14(9-6-12)20(22)23)13-7-10-16-15-3-1-2-4-17(15)24-18(16)11-13/h1-11,19,21H/t19-/m1/s1. The fourth-order valence-electron chi connectivity index (χ4n) is 2.88. The van der Waals surface area contributed by atoms with E-state index in [1.165, 1.54) is 12.1 Å². The third-order valence-corrected chi connectivity index (χ3v) is 4.14. The number of aliphatic hydroxyl groups is 1. The highest BCUT2D eigenvalue weighted by molar-refractivity contribution is 6.04. The van der Waals surface area contributed by atoms with E-state index in [0.29, 0.717) is 16.7 Å². The first-order valence-electron chi connectivity index (χ1n) is 7.47. The van der Waals surface area contributed by atoms with Gasteiger partial charge in [-0.15, -0.1) is 0 Å². The molecule has 0 aliphatic carbocycles. The van der Waals surface area contributed by atoms with Gasteiger partial charge in [-0.05, 0) is 35.4 Å². The van der Waals surface area contributed by atoms with E-state index in [-0.39, 0.29) is 5.69 Å². The Balaban J connectivity index is 1.75. The molecular formula is C19H13NO4. The van der Waals surface area contributed by atoms with E-state index in [2.05, 4.69) is 0 Å². The normalized spacial score (nSPS) is 12.5. The molecule has 0 amide bonds. The van der Waals surface area contributed by atoms with Gasteiger partial charge in [0.05, 0.1) is 4.92 Å². The van der Waals surface area contributed by atoms with Gasteiger partial charge in [-0.1, -0.05) is 30.3 Å². The van der Waals surface area contributed by atoms with Gasteiger partial charge in [0, 0.05) is 22.9 Å². The Kier molecular flexibility index (Phi) is 3.29. The summed E-state index contributed by atoms with van der Waals surface area (Å²) in [7, 11) is 0. The second-order valence-electron chi connectivity index (χ2n) is 5.60. The fourth-order valence-corrected chi connectivity index (χ4v) is 2.88. The molecule has 5 heteroatoms. The maximum atomic E-state index is 10.7. The molecule has 0 saturated heterocycles. The van der Waals surface area contributed by atoms with Crippen LogP contribution in [0.2, 0.25) is 0 Å². The number of fused-ring (bicyclic) bond motifs is 3. The fraction of sp³-hybridized carbons (Fsp3) is 0.0526. The number of benzene rings is 3. The number of hydrogen-bond donors (Lipinski definition) is 1. The lowest BCUT2D eigenvalue weighted by molar-refractivity contribution is -0.384. The van der Waals surface area contributed by atoms with Crippen molar-refractivity contribution in [3.8, 4) is 0 Å². The van der Waals surface area contributed by atoms with Gasteiger partial charge in [-0.25, -0.2) is 0 Å². The van der Waals surface area contributed by atoms with Crippen molar-refractivity contribution in [2.75, 3.05) is 0 Å². The maximum Gasteiger partial charge on any atom is 0.269 e. The van der Waals surface area contributed by atoms with Crippen LogP contribution in [0.4, 0.5) is 5.69 Å².